The molecule has 0 unspecified atom stereocenters. The van der Waals surface area contributed by atoms with E-state index in [9.17, 15) is 0 Å². The van der Waals surface area contributed by atoms with E-state index in [1.54, 1.807) is 0 Å². The molecule has 3 N–H and O–H groups in total. The quantitative estimate of drug-likeness (QED) is 0.306. The number of halogens is 1. The van der Waals surface area contributed by atoms with Crippen molar-refractivity contribution in [3.63, 3.8) is 0 Å². The molecule has 9 nitrogen and oxygen atoms in total. The maximum absolute atomic E-state index is 5.80. The minimum absolute atomic E-state index is 0.251. The first-order valence-electron chi connectivity index (χ1n) is 10.3. The average molecular weight is 461 g/mol. The number of aromatic amines is 1. The Bertz CT molecular complexity index is 1390. The topological polar surface area (TPSA) is 106 Å². The van der Waals surface area contributed by atoms with Gasteiger partial charge in [0.05, 0.1) is 28.4 Å². The standard InChI is InChI=1S/C23H21ClN8O/c1-14-9-21(31-30-14)28-17-5-8-19-20(10-17)32(2)22(29-19)25-11-15-3-6-18(7-4-15)33-23-26-12-16(24)13-27-23/h3-10,12-13H,11H2,1-2H3,(H,25,29)(H2,28,30,31). The summed E-state index contributed by atoms with van der Waals surface area (Å²) in [5.74, 6) is 2.21. The van der Waals surface area contributed by atoms with Gasteiger partial charge in [-0.2, -0.15) is 5.10 Å². The monoisotopic (exact) mass is 460 g/mol. The molecule has 0 aliphatic rings. The van der Waals surface area contributed by atoms with Crippen LogP contribution >= 0.6 is 11.6 Å². The molecule has 33 heavy (non-hydrogen) atoms. The van der Waals surface area contributed by atoms with Crippen LogP contribution in [0.15, 0.2) is 60.9 Å². The van der Waals surface area contributed by atoms with Crippen molar-refractivity contribution < 1.29 is 4.74 Å². The van der Waals surface area contributed by atoms with Gasteiger partial charge in [0.15, 0.2) is 5.82 Å². The molecule has 0 atom stereocenters. The summed E-state index contributed by atoms with van der Waals surface area (Å²) in [7, 11) is 1.99. The molecular weight excluding hydrogens is 440 g/mol. The van der Waals surface area contributed by atoms with Gasteiger partial charge in [0.25, 0.3) is 0 Å². The van der Waals surface area contributed by atoms with Crippen LogP contribution in [0.4, 0.5) is 17.5 Å². The van der Waals surface area contributed by atoms with Crippen LogP contribution in [0.2, 0.25) is 5.02 Å². The number of ether oxygens (including phenoxy) is 1. The van der Waals surface area contributed by atoms with Gasteiger partial charge >= 0.3 is 6.01 Å². The van der Waals surface area contributed by atoms with Crippen LogP contribution in [0.25, 0.3) is 11.0 Å². The Kier molecular flexibility index (Phi) is 5.54. The van der Waals surface area contributed by atoms with Gasteiger partial charge in [-0.05, 0) is 42.8 Å². The maximum atomic E-state index is 5.80. The molecule has 3 aromatic heterocycles. The van der Waals surface area contributed by atoms with Gasteiger partial charge in [0.1, 0.15) is 5.75 Å². The van der Waals surface area contributed by atoms with Crippen LogP contribution in [0.3, 0.4) is 0 Å². The number of fused-ring (bicyclic) bond motifs is 1. The van der Waals surface area contributed by atoms with E-state index in [0.29, 0.717) is 17.3 Å². The van der Waals surface area contributed by atoms with E-state index in [0.717, 1.165) is 39.7 Å². The van der Waals surface area contributed by atoms with Gasteiger partial charge in [-0.3, -0.25) is 5.10 Å². The summed E-state index contributed by atoms with van der Waals surface area (Å²) in [6, 6.07) is 16.0. The largest absolute Gasteiger partial charge is 0.424 e. The van der Waals surface area contributed by atoms with Crippen molar-refractivity contribution in [1.29, 1.82) is 0 Å². The molecule has 0 radical (unpaired) electrons. The summed E-state index contributed by atoms with van der Waals surface area (Å²) in [6.45, 7) is 2.58. The Labute approximate surface area is 194 Å². The minimum atomic E-state index is 0.251. The van der Waals surface area contributed by atoms with Crippen molar-refractivity contribution in [1.82, 2.24) is 29.7 Å². The number of nitrogens with one attached hydrogen (secondary N) is 3. The highest BCUT2D eigenvalue weighted by atomic mass is 35.5. The highest BCUT2D eigenvalue weighted by Crippen LogP contribution is 2.25. The van der Waals surface area contributed by atoms with Gasteiger partial charge < -0.3 is 19.9 Å². The van der Waals surface area contributed by atoms with Crippen LogP contribution in [0.1, 0.15) is 11.3 Å². The summed E-state index contributed by atoms with van der Waals surface area (Å²) in [5.41, 5.74) is 4.96. The Morgan fingerprint density at radius 2 is 1.85 bits per heavy atom. The van der Waals surface area contributed by atoms with E-state index in [1.165, 1.54) is 12.4 Å². The molecule has 10 heteroatoms. The van der Waals surface area contributed by atoms with Gasteiger partial charge in [-0.1, -0.05) is 23.7 Å². The van der Waals surface area contributed by atoms with Crippen molar-refractivity contribution in [2.24, 2.45) is 7.05 Å². The fourth-order valence-electron chi connectivity index (χ4n) is 3.37. The lowest BCUT2D eigenvalue weighted by Crippen LogP contribution is -2.05. The van der Waals surface area contributed by atoms with Crippen molar-refractivity contribution in [2.45, 2.75) is 13.5 Å². The lowest BCUT2D eigenvalue weighted by Gasteiger charge is -2.08. The first kappa shape index (κ1) is 20.8. The molecule has 5 rings (SSSR count). The third-order valence-electron chi connectivity index (χ3n) is 5.04. The Morgan fingerprint density at radius 3 is 2.58 bits per heavy atom. The van der Waals surface area contributed by atoms with Crippen molar-refractivity contribution in [2.75, 3.05) is 10.6 Å². The molecule has 5 aromatic rings. The Balaban J connectivity index is 1.25. The fraction of sp³-hybridized carbons (Fsp3) is 0.130. The second kappa shape index (κ2) is 8.79. The fourth-order valence-corrected chi connectivity index (χ4v) is 3.47. The van der Waals surface area contributed by atoms with E-state index in [-0.39, 0.29) is 6.01 Å². The zero-order valence-electron chi connectivity index (χ0n) is 18.0. The maximum Gasteiger partial charge on any atom is 0.321 e. The second-order valence-corrected chi connectivity index (χ2v) is 7.98. The second-order valence-electron chi connectivity index (χ2n) is 7.54. The van der Waals surface area contributed by atoms with Gasteiger partial charge in [0, 0.05) is 31.0 Å². The van der Waals surface area contributed by atoms with Crippen LogP contribution in [-0.4, -0.2) is 29.7 Å². The van der Waals surface area contributed by atoms with E-state index in [4.69, 9.17) is 21.3 Å². The zero-order valence-corrected chi connectivity index (χ0v) is 18.8. The number of H-pyrrole nitrogens is 1. The van der Waals surface area contributed by atoms with Crippen LogP contribution in [-0.2, 0) is 13.6 Å². The molecular formula is C23H21ClN8O. The average Bonchev–Trinajstić information content (AvgIpc) is 3.37. The van der Waals surface area contributed by atoms with Crippen molar-refractivity contribution in [3.8, 4) is 11.8 Å². The number of anilines is 3. The number of aryl methyl sites for hydroxylation is 2. The van der Waals surface area contributed by atoms with Crippen molar-refractivity contribution >= 4 is 40.1 Å². The van der Waals surface area contributed by atoms with Crippen LogP contribution < -0.4 is 15.4 Å². The molecule has 3 heterocycles. The number of hydrogen-bond donors (Lipinski definition) is 3. The Morgan fingerprint density at radius 1 is 1.06 bits per heavy atom. The van der Waals surface area contributed by atoms with E-state index in [2.05, 4.69) is 36.9 Å². The molecule has 0 saturated carbocycles. The SMILES string of the molecule is Cc1cc(Nc2ccc3nc(NCc4ccc(Oc5ncc(Cl)cn5)cc4)n(C)c3c2)n[nH]1. The molecule has 166 valence electrons. The number of rotatable bonds is 7. The molecule has 0 spiro atoms. The highest BCUT2D eigenvalue weighted by molar-refractivity contribution is 6.30. The lowest BCUT2D eigenvalue weighted by atomic mass is 10.2. The predicted octanol–water partition coefficient (Wildman–Crippen LogP) is 5.20. The third kappa shape index (κ3) is 4.73. The first-order valence-corrected chi connectivity index (χ1v) is 10.6. The molecule has 0 saturated heterocycles. The lowest BCUT2D eigenvalue weighted by molar-refractivity contribution is 0.441. The van der Waals surface area contributed by atoms with Gasteiger partial charge in [-0.15, -0.1) is 0 Å². The van der Waals surface area contributed by atoms with Gasteiger partial charge in [-0.25, -0.2) is 15.0 Å². The zero-order chi connectivity index (χ0) is 22.8. The molecule has 0 aliphatic heterocycles. The summed E-state index contributed by atoms with van der Waals surface area (Å²) in [6.07, 6.45) is 2.99. The summed E-state index contributed by atoms with van der Waals surface area (Å²) in [4.78, 5) is 12.8. The van der Waals surface area contributed by atoms with Crippen molar-refractivity contribution in [3.05, 3.63) is 77.2 Å². The number of hydrogen-bond acceptors (Lipinski definition) is 7. The number of nitrogens with zero attached hydrogens (tertiary/aromatic N) is 5. The third-order valence-corrected chi connectivity index (χ3v) is 5.23. The molecule has 0 aliphatic carbocycles. The highest BCUT2D eigenvalue weighted by Gasteiger charge is 2.09. The minimum Gasteiger partial charge on any atom is -0.424 e. The van der Waals surface area contributed by atoms with E-state index in [1.807, 2.05) is 61.0 Å². The number of benzene rings is 2. The number of aromatic nitrogens is 6. The molecule has 2 aromatic carbocycles. The smallest absolute Gasteiger partial charge is 0.321 e. The summed E-state index contributed by atoms with van der Waals surface area (Å²) >= 11 is 5.80. The summed E-state index contributed by atoms with van der Waals surface area (Å²) < 4.78 is 7.67. The molecule has 0 fully saturated rings. The van der Waals surface area contributed by atoms with Crippen LogP contribution in [0.5, 0.6) is 11.8 Å². The number of imidazole rings is 1. The van der Waals surface area contributed by atoms with Crippen LogP contribution in [0, 0.1) is 6.92 Å². The predicted molar refractivity (Wildman–Crippen MR) is 128 cm³/mol. The van der Waals surface area contributed by atoms with Gasteiger partial charge in [0.2, 0.25) is 5.95 Å². The van der Waals surface area contributed by atoms with E-state index < -0.39 is 0 Å². The normalized spacial score (nSPS) is 11.0. The molecule has 0 amide bonds. The molecule has 0 bridgehead atoms. The Hall–Kier alpha value is -4.11. The first-order chi connectivity index (χ1) is 16.0. The van der Waals surface area contributed by atoms with E-state index >= 15 is 0 Å². The summed E-state index contributed by atoms with van der Waals surface area (Å²) in [5, 5.41) is 14.3.